The normalized spacial score (nSPS) is 12.0. The molecule has 0 saturated heterocycles. The number of carbonyl (C=O) groups excluding carboxylic acids is 1. The van der Waals surface area contributed by atoms with E-state index in [0.717, 1.165) is 0 Å². The molecule has 0 atom stereocenters. The average Bonchev–Trinajstić information content (AvgIpc) is 2.34. The standard InChI is InChI=1S/C14H22N2O4S/c1-14(2,3)9-16-13(17)8-10-5-6-11(20-4)12(7-10)21(15,18)19/h5-7H,8-9H2,1-4H3,(H,16,17)(H2,15,18,19). The van der Waals surface area contributed by atoms with Crippen LogP contribution in [0.25, 0.3) is 0 Å². The van der Waals surface area contributed by atoms with Crippen LogP contribution in [0.5, 0.6) is 5.75 Å². The van der Waals surface area contributed by atoms with E-state index >= 15 is 0 Å². The van der Waals surface area contributed by atoms with Crippen LogP contribution in [0.1, 0.15) is 26.3 Å². The Kier molecular flexibility index (Phi) is 5.36. The number of amides is 1. The number of carbonyl (C=O) groups is 1. The van der Waals surface area contributed by atoms with Gasteiger partial charge in [-0.25, -0.2) is 13.6 Å². The highest BCUT2D eigenvalue weighted by Gasteiger charge is 2.17. The number of methoxy groups -OCH3 is 1. The van der Waals surface area contributed by atoms with E-state index in [2.05, 4.69) is 5.32 Å². The first-order valence-corrected chi connectivity index (χ1v) is 8.04. The second kappa shape index (κ2) is 6.44. The van der Waals surface area contributed by atoms with Crippen molar-refractivity contribution in [2.75, 3.05) is 13.7 Å². The van der Waals surface area contributed by atoms with Crippen molar-refractivity contribution in [2.45, 2.75) is 32.1 Å². The first-order chi connectivity index (χ1) is 9.53. The van der Waals surface area contributed by atoms with Crippen molar-refractivity contribution in [3.05, 3.63) is 23.8 Å². The van der Waals surface area contributed by atoms with Crippen LogP contribution in [0, 0.1) is 5.41 Å². The maximum absolute atomic E-state index is 11.9. The van der Waals surface area contributed by atoms with Gasteiger partial charge in [-0.3, -0.25) is 4.79 Å². The van der Waals surface area contributed by atoms with Crippen LogP contribution in [0.15, 0.2) is 23.1 Å². The van der Waals surface area contributed by atoms with Gasteiger partial charge in [0.1, 0.15) is 10.6 Å². The largest absolute Gasteiger partial charge is 0.495 e. The zero-order valence-electron chi connectivity index (χ0n) is 12.8. The number of hydrogen-bond donors (Lipinski definition) is 2. The molecular formula is C14H22N2O4S. The van der Waals surface area contributed by atoms with Crippen LogP contribution in [0.3, 0.4) is 0 Å². The molecule has 0 aliphatic rings. The summed E-state index contributed by atoms with van der Waals surface area (Å²) in [4.78, 5) is 11.7. The lowest BCUT2D eigenvalue weighted by atomic mass is 9.97. The van der Waals surface area contributed by atoms with E-state index in [4.69, 9.17) is 9.88 Å². The van der Waals surface area contributed by atoms with Gasteiger partial charge in [0.05, 0.1) is 13.5 Å². The van der Waals surface area contributed by atoms with Crippen LogP contribution in [-0.4, -0.2) is 28.0 Å². The minimum absolute atomic E-state index is 0.0126. The molecule has 118 valence electrons. The van der Waals surface area contributed by atoms with Crippen molar-refractivity contribution >= 4 is 15.9 Å². The molecule has 0 spiro atoms. The maximum Gasteiger partial charge on any atom is 0.241 e. The number of benzene rings is 1. The summed E-state index contributed by atoms with van der Waals surface area (Å²) in [5.41, 5.74) is 0.549. The monoisotopic (exact) mass is 314 g/mol. The van der Waals surface area contributed by atoms with Crippen LogP contribution >= 0.6 is 0 Å². The number of hydrogen-bond acceptors (Lipinski definition) is 4. The van der Waals surface area contributed by atoms with Crippen molar-refractivity contribution in [2.24, 2.45) is 10.6 Å². The molecule has 6 nitrogen and oxygen atoms in total. The molecule has 3 N–H and O–H groups in total. The summed E-state index contributed by atoms with van der Waals surface area (Å²) in [6.07, 6.45) is 0.0859. The Morgan fingerprint density at radius 1 is 1.33 bits per heavy atom. The quantitative estimate of drug-likeness (QED) is 0.848. The van der Waals surface area contributed by atoms with E-state index in [1.807, 2.05) is 20.8 Å². The molecule has 0 aliphatic carbocycles. The third kappa shape index (κ3) is 5.73. The van der Waals surface area contributed by atoms with Gasteiger partial charge in [-0.2, -0.15) is 0 Å². The molecule has 0 aromatic heterocycles. The van der Waals surface area contributed by atoms with Gasteiger partial charge >= 0.3 is 0 Å². The van der Waals surface area contributed by atoms with Gasteiger partial charge < -0.3 is 10.1 Å². The number of nitrogens with two attached hydrogens (primary N) is 1. The highest BCUT2D eigenvalue weighted by atomic mass is 32.2. The summed E-state index contributed by atoms with van der Waals surface area (Å²) in [5.74, 6) is -0.00758. The first-order valence-electron chi connectivity index (χ1n) is 6.49. The lowest BCUT2D eigenvalue weighted by molar-refractivity contribution is -0.120. The maximum atomic E-state index is 11.9. The molecule has 21 heavy (non-hydrogen) atoms. The smallest absolute Gasteiger partial charge is 0.241 e. The van der Waals surface area contributed by atoms with E-state index in [1.54, 1.807) is 6.07 Å². The zero-order valence-corrected chi connectivity index (χ0v) is 13.6. The summed E-state index contributed by atoms with van der Waals surface area (Å²) in [7, 11) is -2.54. The van der Waals surface area contributed by atoms with Crippen molar-refractivity contribution in [3.63, 3.8) is 0 Å². The molecule has 0 bridgehead atoms. The Morgan fingerprint density at radius 3 is 2.43 bits per heavy atom. The van der Waals surface area contributed by atoms with Crippen molar-refractivity contribution < 1.29 is 17.9 Å². The number of ether oxygens (including phenoxy) is 1. The molecule has 0 radical (unpaired) electrons. The predicted octanol–water partition coefficient (Wildman–Crippen LogP) is 1.05. The molecule has 0 aliphatic heterocycles. The molecule has 1 aromatic carbocycles. The van der Waals surface area contributed by atoms with Crippen molar-refractivity contribution in [1.29, 1.82) is 0 Å². The van der Waals surface area contributed by atoms with E-state index in [0.29, 0.717) is 12.1 Å². The molecule has 0 heterocycles. The molecule has 0 fully saturated rings. The van der Waals surface area contributed by atoms with Crippen molar-refractivity contribution in [3.8, 4) is 5.75 Å². The minimum Gasteiger partial charge on any atom is -0.495 e. The predicted molar refractivity (Wildman–Crippen MR) is 80.5 cm³/mol. The van der Waals surface area contributed by atoms with Crippen molar-refractivity contribution in [1.82, 2.24) is 5.32 Å². The second-order valence-corrected chi connectivity index (χ2v) is 7.57. The van der Waals surface area contributed by atoms with Gasteiger partial charge in [0.15, 0.2) is 0 Å². The summed E-state index contributed by atoms with van der Waals surface area (Å²) in [6.45, 7) is 6.59. The third-order valence-electron chi connectivity index (χ3n) is 2.72. The van der Waals surface area contributed by atoms with E-state index in [1.165, 1.54) is 19.2 Å². The molecule has 1 amide bonds. The Morgan fingerprint density at radius 2 is 1.95 bits per heavy atom. The average molecular weight is 314 g/mol. The Labute approximate surface area is 125 Å². The van der Waals surface area contributed by atoms with Crippen LogP contribution in [-0.2, 0) is 21.2 Å². The van der Waals surface area contributed by atoms with Crippen LogP contribution in [0.4, 0.5) is 0 Å². The minimum atomic E-state index is -3.90. The second-order valence-electron chi connectivity index (χ2n) is 6.04. The zero-order chi connectivity index (χ0) is 16.3. The summed E-state index contributed by atoms with van der Waals surface area (Å²) in [6, 6.07) is 4.50. The molecule has 0 unspecified atom stereocenters. The van der Waals surface area contributed by atoms with Gasteiger partial charge in [0, 0.05) is 6.54 Å². The lowest BCUT2D eigenvalue weighted by Gasteiger charge is -2.18. The lowest BCUT2D eigenvalue weighted by Crippen LogP contribution is -2.33. The number of primary sulfonamides is 1. The van der Waals surface area contributed by atoms with Gasteiger partial charge in [0.25, 0.3) is 0 Å². The van der Waals surface area contributed by atoms with E-state index < -0.39 is 10.0 Å². The Bertz CT molecular complexity index is 618. The van der Waals surface area contributed by atoms with E-state index in [-0.39, 0.29) is 28.4 Å². The van der Waals surface area contributed by atoms with Gasteiger partial charge in [0.2, 0.25) is 15.9 Å². The SMILES string of the molecule is COc1ccc(CC(=O)NCC(C)(C)C)cc1S(N)(=O)=O. The Balaban J connectivity index is 2.88. The Hall–Kier alpha value is -1.60. The summed E-state index contributed by atoms with van der Waals surface area (Å²) >= 11 is 0. The fourth-order valence-corrected chi connectivity index (χ4v) is 2.41. The number of nitrogens with one attached hydrogen (secondary N) is 1. The van der Waals surface area contributed by atoms with Gasteiger partial charge in [-0.05, 0) is 23.1 Å². The third-order valence-corrected chi connectivity index (χ3v) is 3.65. The summed E-state index contributed by atoms with van der Waals surface area (Å²) < 4.78 is 28.0. The number of sulfonamides is 1. The van der Waals surface area contributed by atoms with Crippen LogP contribution < -0.4 is 15.2 Å². The fraction of sp³-hybridized carbons (Fsp3) is 0.500. The van der Waals surface area contributed by atoms with Crippen LogP contribution in [0.2, 0.25) is 0 Å². The number of rotatable bonds is 5. The van der Waals surface area contributed by atoms with Gasteiger partial charge in [-0.1, -0.05) is 26.8 Å². The molecule has 7 heteroatoms. The highest BCUT2D eigenvalue weighted by Crippen LogP contribution is 2.24. The fourth-order valence-electron chi connectivity index (χ4n) is 1.67. The summed E-state index contributed by atoms with van der Waals surface area (Å²) in [5, 5.41) is 7.95. The molecule has 1 aromatic rings. The molecule has 0 saturated carbocycles. The highest BCUT2D eigenvalue weighted by molar-refractivity contribution is 7.89. The van der Waals surface area contributed by atoms with Gasteiger partial charge in [-0.15, -0.1) is 0 Å². The molecular weight excluding hydrogens is 292 g/mol. The van der Waals surface area contributed by atoms with E-state index in [9.17, 15) is 13.2 Å². The molecule has 1 rings (SSSR count). The topological polar surface area (TPSA) is 98.5 Å². The first kappa shape index (κ1) is 17.5.